The van der Waals surface area contributed by atoms with Crippen molar-refractivity contribution in [1.82, 2.24) is 10.3 Å². The number of thiazole rings is 1. The second kappa shape index (κ2) is 7.86. The quantitative estimate of drug-likeness (QED) is 0.819. The lowest BCUT2D eigenvalue weighted by Crippen LogP contribution is -2.39. The van der Waals surface area contributed by atoms with E-state index in [0.29, 0.717) is 28.6 Å². The van der Waals surface area contributed by atoms with E-state index < -0.39 is 0 Å². The maximum atomic E-state index is 12.6. The molecule has 0 bridgehead atoms. The first-order chi connectivity index (χ1) is 13.2. The molecule has 1 aliphatic carbocycles. The molecule has 1 amide bonds. The Hall–Kier alpha value is -2.12. The average Bonchev–Trinajstić information content (AvgIpc) is 3.34. The van der Waals surface area contributed by atoms with Crippen molar-refractivity contribution in [3.63, 3.8) is 0 Å². The molecular formula is C20H25N3O3S. The molecule has 3 atom stereocenters. The van der Waals surface area contributed by atoms with E-state index in [1.165, 1.54) is 37.0 Å². The largest absolute Gasteiger partial charge is 0.493 e. The molecule has 2 fully saturated rings. The van der Waals surface area contributed by atoms with Gasteiger partial charge in [-0.25, -0.2) is 4.98 Å². The second-order valence-corrected chi connectivity index (χ2v) is 8.06. The van der Waals surface area contributed by atoms with E-state index in [0.717, 1.165) is 17.7 Å². The minimum absolute atomic E-state index is 0.0256. The minimum Gasteiger partial charge on any atom is -0.493 e. The lowest BCUT2D eigenvalue weighted by molar-refractivity contribution is -0.117. The fourth-order valence-electron chi connectivity index (χ4n) is 4.17. The molecule has 2 aromatic rings. The zero-order valence-electron chi connectivity index (χ0n) is 15.7. The molecule has 0 spiro atoms. The van der Waals surface area contributed by atoms with Crippen LogP contribution in [-0.4, -0.2) is 37.2 Å². The minimum atomic E-state index is -0.105. The highest BCUT2D eigenvalue weighted by Crippen LogP contribution is 2.35. The first kappa shape index (κ1) is 18.3. The summed E-state index contributed by atoms with van der Waals surface area (Å²) in [6.07, 6.45) is 5.92. The molecule has 0 radical (unpaired) electrons. The van der Waals surface area contributed by atoms with Crippen LogP contribution in [0.2, 0.25) is 0 Å². The number of benzene rings is 1. The first-order valence-corrected chi connectivity index (χ1v) is 10.3. The van der Waals surface area contributed by atoms with Crippen LogP contribution in [0.1, 0.15) is 32.1 Å². The summed E-state index contributed by atoms with van der Waals surface area (Å²) in [5, 5.41) is 9.07. The summed E-state index contributed by atoms with van der Waals surface area (Å²) in [5.41, 5.74) is 1.73. The number of methoxy groups -OCH3 is 2. The molecule has 144 valence electrons. The van der Waals surface area contributed by atoms with Crippen molar-refractivity contribution >= 4 is 22.4 Å². The number of fused-ring (bicyclic) bond motifs is 1. The molecule has 6 nitrogen and oxygen atoms in total. The number of nitrogens with zero attached hydrogens (tertiary/aromatic N) is 1. The van der Waals surface area contributed by atoms with E-state index in [2.05, 4.69) is 15.6 Å². The summed E-state index contributed by atoms with van der Waals surface area (Å²) in [6, 6.07) is 6.09. The predicted octanol–water partition coefficient (Wildman–Crippen LogP) is 3.69. The smallest absolute Gasteiger partial charge is 0.243 e. The van der Waals surface area contributed by atoms with Crippen molar-refractivity contribution < 1.29 is 14.3 Å². The van der Waals surface area contributed by atoms with Crippen LogP contribution in [0.5, 0.6) is 11.5 Å². The van der Waals surface area contributed by atoms with Crippen LogP contribution in [0.25, 0.3) is 11.3 Å². The third-order valence-electron chi connectivity index (χ3n) is 5.59. The van der Waals surface area contributed by atoms with Crippen LogP contribution in [0.4, 0.5) is 5.13 Å². The maximum absolute atomic E-state index is 12.6. The molecule has 27 heavy (non-hydrogen) atoms. The third kappa shape index (κ3) is 3.80. The molecule has 7 heteroatoms. The Bertz CT molecular complexity index is 809. The summed E-state index contributed by atoms with van der Waals surface area (Å²) < 4.78 is 10.6. The van der Waals surface area contributed by atoms with Gasteiger partial charge in [-0.15, -0.1) is 11.3 Å². The number of ether oxygens (including phenoxy) is 2. The van der Waals surface area contributed by atoms with E-state index in [1.54, 1.807) is 14.2 Å². The van der Waals surface area contributed by atoms with E-state index in [1.807, 2.05) is 23.6 Å². The third-order valence-corrected chi connectivity index (χ3v) is 6.35. The first-order valence-electron chi connectivity index (χ1n) is 9.42. The number of hydrogen-bond acceptors (Lipinski definition) is 6. The van der Waals surface area contributed by atoms with Gasteiger partial charge in [0.25, 0.3) is 0 Å². The van der Waals surface area contributed by atoms with Gasteiger partial charge in [-0.1, -0.05) is 12.8 Å². The van der Waals surface area contributed by atoms with Gasteiger partial charge < -0.3 is 20.1 Å². The van der Waals surface area contributed by atoms with Crippen molar-refractivity contribution in [3.8, 4) is 22.8 Å². The van der Waals surface area contributed by atoms with Gasteiger partial charge in [0, 0.05) is 17.0 Å². The van der Waals surface area contributed by atoms with Crippen molar-refractivity contribution in [2.75, 3.05) is 19.5 Å². The topological polar surface area (TPSA) is 72.5 Å². The molecule has 1 saturated heterocycles. The molecule has 2 N–H and O–H groups in total. The van der Waals surface area contributed by atoms with Crippen LogP contribution in [0.3, 0.4) is 0 Å². The van der Waals surface area contributed by atoms with Crippen molar-refractivity contribution in [3.05, 3.63) is 23.6 Å². The normalized spacial score (nSPS) is 24.3. The SMILES string of the molecule is COc1ccc(-c2csc(NC(=O)C3CC4CCCCC4N3)n2)cc1OC. The summed E-state index contributed by atoms with van der Waals surface area (Å²) in [4.78, 5) is 17.2. The fourth-order valence-corrected chi connectivity index (χ4v) is 4.90. The lowest BCUT2D eigenvalue weighted by atomic mass is 9.85. The number of hydrogen-bond donors (Lipinski definition) is 2. The van der Waals surface area contributed by atoms with Gasteiger partial charge in [-0.3, -0.25) is 4.79 Å². The molecule has 1 aromatic carbocycles. The van der Waals surface area contributed by atoms with Crippen molar-refractivity contribution in [2.24, 2.45) is 5.92 Å². The number of nitrogens with one attached hydrogen (secondary N) is 2. The van der Waals surface area contributed by atoms with E-state index in [-0.39, 0.29) is 11.9 Å². The van der Waals surface area contributed by atoms with Crippen molar-refractivity contribution in [2.45, 2.75) is 44.2 Å². The zero-order valence-corrected chi connectivity index (χ0v) is 16.5. The Balaban J connectivity index is 1.43. The molecule has 2 aliphatic rings. The van der Waals surface area contributed by atoms with Crippen LogP contribution in [0.15, 0.2) is 23.6 Å². The Morgan fingerprint density at radius 1 is 1.22 bits per heavy atom. The molecule has 2 heterocycles. The highest BCUT2D eigenvalue weighted by Gasteiger charge is 2.38. The predicted molar refractivity (Wildman–Crippen MR) is 107 cm³/mol. The Morgan fingerprint density at radius 3 is 2.81 bits per heavy atom. The number of rotatable bonds is 5. The van der Waals surface area contributed by atoms with Gasteiger partial charge in [0.05, 0.1) is 26.0 Å². The lowest BCUT2D eigenvalue weighted by Gasteiger charge is -2.24. The number of carbonyl (C=O) groups excluding carboxylic acids is 1. The Morgan fingerprint density at radius 2 is 2.04 bits per heavy atom. The summed E-state index contributed by atoms with van der Waals surface area (Å²) in [7, 11) is 3.22. The van der Waals surface area contributed by atoms with Gasteiger partial charge in [-0.05, 0) is 43.4 Å². The maximum Gasteiger partial charge on any atom is 0.243 e. The molecule has 4 rings (SSSR count). The Labute approximate surface area is 163 Å². The van der Waals surface area contributed by atoms with E-state index in [4.69, 9.17) is 9.47 Å². The fraction of sp³-hybridized carbons (Fsp3) is 0.500. The van der Waals surface area contributed by atoms with Crippen LogP contribution in [0, 0.1) is 5.92 Å². The molecular weight excluding hydrogens is 362 g/mol. The highest BCUT2D eigenvalue weighted by molar-refractivity contribution is 7.14. The highest BCUT2D eigenvalue weighted by atomic mass is 32.1. The van der Waals surface area contributed by atoms with E-state index in [9.17, 15) is 4.79 Å². The molecule has 1 saturated carbocycles. The monoisotopic (exact) mass is 387 g/mol. The van der Waals surface area contributed by atoms with Gasteiger partial charge in [0.1, 0.15) is 0 Å². The van der Waals surface area contributed by atoms with Gasteiger partial charge >= 0.3 is 0 Å². The van der Waals surface area contributed by atoms with Gasteiger partial charge in [-0.2, -0.15) is 0 Å². The zero-order chi connectivity index (χ0) is 18.8. The standard InChI is InChI=1S/C20H25N3O3S/c1-25-17-8-7-13(10-18(17)26-2)16-11-27-20(22-16)23-19(24)15-9-12-5-3-4-6-14(12)21-15/h7-8,10-12,14-15,21H,3-6,9H2,1-2H3,(H,22,23,24). The average molecular weight is 388 g/mol. The number of carbonyl (C=O) groups is 1. The summed E-state index contributed by atoms with van der Waals surface area (Å²) in [5.74, 6) is 2.01. The van der Waals surface area contributed by atoms with Crippen LogP contribution in [-0.2, 0) is 4.79 Å². The molecule has 1 aromatic heterocycles. The van der Waals surface area contributed by atoms with Crippen LogP contribution >= 0.6 is 11.3 Å². The Kier molecular flexibility index (Phi) is 5.31. The number of anilines is 1. The molecule has 1 aliphatic heterocycles. The summed E-state index contributed by atoms with van der Waals surface area (Å²) >= 11 is 1.44. The second-order valence-electron chi connectivity index (χ2n) is 7.20. The van der Waals surface area contributed by atoms with Crippen LogP contribution < -0.4 is 20.1 Å². The van der Waals surface area contributed by atoms with Gasteiger partial charge in [0.15, 0.2) is 16.6 Å². The molecule has 3 unspecified atom stereocenters. The van der Waals surface area contributed by atoms with E-state index >= 15 is 0 Å². The number of aromatic nitrogens is 1. The van der Waals surface area contributed by atoms with Crippen molar-refractivity contribution in [1.29, 1.82) is 0 Å². The number of amides is 1. The van der Waals surface area contributed by atoms with Gasteiger partial charge in [0.2, 0.25) is 5.91 Å². The summed E-state index contributed by atoms with van der Waals surface area (Å²) in [6.45, 7) is 0.